The van der Waals surface area contributed by atoms with Crippen molar-refractivity contribution in [2.24, 2.45) is 0 Å². The maximum absolute atomic E-state index is 10.8. The van der Waals surface area contributed by atoms with Gasteiger partial charge in [-0.15, -0.1) is 0 Å². The third-order valence-corrected chi connectivity index (χ3v) is 1.63. The average molecular weight is 164 g/mol. The van der Waals surface area contributed by atoms with Crippen LogP contribution in [0.5, 0.6) is 5.75 Å². The highest BCUT2D eigenvalue weighted by molar-refractivity contribution is 5.80. The fourth-order valence-corrected chi connectivity index (χ4v) is 0.786. The molecule has 0 aromatic heterocycles. The lowest BCUT2D eigenvalue weighted by Crippen LogP contribution is -2.20. The Bertz CT molecular complexity index is 254. The first-order chi connectivity index (χ1) is 5.70. The van der Waals surface area contributed by atoms with Gasteiger partial charge in [0.2, 0.25) is 0 Å². The molecule has 2 nitrogen and oxygen atoms in total. The number of ketones is 1. The van der Waals surface area contributed by atoms with Gasteiger partial charge >= 0.3 is 0 Å². The zero-order chi connectivity index (χ0) is 8.97. The first-order valence-electron chi connectivity index (χ1n) is 3.92. The molecule has 0 spiro atoms. The van der Waals surface area contributed by atoms with Gasteiger partial charge in [0.15, 0.2) is 11.9 Å². The first-order valence-corrected chi connectivity index (χ1v) is 3.92. The molecule has 0 unspecified atom stereocenters. The molecule has 0 N–H and O–H groups in total. The Balaban J connectivity index is 2.58. The van der Waals surface area contributed by atoms with Gasteiger partial charge in [-0.05, 0) is 26.0 Å². The van der Waals surface area contributed by atoms with Crippen LogP contribution in [0, 0.1) is 0 Å². The Labute approximate surface area is 72.2 Å². The van der Waals surface area contributed by atoms with Crippen molar-refractivity contribution < 1.29 is 9.53 Å². The van der Waals surface area contributed by atoms with Crippen molar-refractivity contribution in [1.82, 2.24) is 0 Å². The van der Waals surface area contributed by atoms with Crippen LogP contribution < -0.4 is 4.74 Å². The van der Waals surface area contributed by atoms with Crippen LogP contribution in [-0.2, 0) is 4.79 Å². The molecular formula is C10H12O2. The van der Waals surface area contributed by atoms with E-state index >= 15 is 0 Å². The predicted octanol–water partition coefficient (Wildman–Crippen LogP) is 2.04. The lowest BCUT2D eigenvalue weighted by molar-refractivity contribution is -0.122. The second kappa shape index (κ2) is 3.90. The van der Waals surface area contributed by atoms with Crippen molar-refractivity contribution in [2.45, 2.75) is 20.0 Å². The number of Topliss-reactive ketones (excluding diaryl/α,β-unsaturated/α-hetero) is 1. The summed E-state index contributed by atoms with van der Waals surface area (Å²) >= 11 is 0. The van der Waals surface area contributed by atoms with Gasteiger partial charge in [-0.2, -0.15) is 0 Å². The number of rotatable bonds is 3. The molecule has 0 heterocycles. The summed E-state index contributed by atoms with van der Waals surface area (Å²) in [4.78, 5) is 10.8. The standard InChI is InChI=1S/C10H12O2/c1-8(11)9(2)12-10-6-4-3-5-7-10/h3-7,9H,1-2H3/t9-/m0/s1. The molecule has 0 saturated heterocycles. The van der Waals surface area contributed by atoms with Crippen molar-refractivity contribution in [3.63, 3.8) is 0 Å². The first kappa shape index (κ1) is 8.78. The lowest BCUT2D eigenvalue weighted by atomic mass is 10.3. The zero-order valence-electron chi connectivity index (χ0n) is 7.28. The molecule has 1 atom stereocenters. The number of para-hydroxylation sites is 1. The molecule has 0 saturated carbocycles. The fraction of sp³-hybridized carbons (Fsp3) is 0.300. The topological polar surface area (TPSA) is 26.3 Å². The van der Waals surface area contributed by atoms with E-state index in [1.54, 1.807) is 6.92 Å². The predicted molar refractivity (Wildman–Crippen MR) is 47.2 cm³/mol. The van der Waals surface area contributed by atoms with Crippen LogP contribution in [0.3, 0.4) is 0 Å². The van der Waals surface area contributed by atoms with Gasteiger partial charge in [-0.3, -0.25) is 4.79 Å². The minimum atomic E-state index is -0.354. The third kappa shape index (κ3) is 2.38. The van der Waals surface area contributed by atoms with Crippen molar-refractivity contribution in [2.75, 3.05) is 0 Å². The van der Waals surface area contributed by atoms with Crippen LogP contribution in [0.1, 0.15) is 13.8 Å². The van der Waals surface area contributed by atoms with E-state index in [1.165, 1.54) is 6.92 Å². The van der Waals surface area contributed by atoms with Crippen molar-refractivity contribution >= 4 is 5.78 Å². The van der Waals surface area contributed by atoms with Crippen LogP contribution in [0.4, 0.5) is 0 Å². The summed E-state index contributed by atoms with van der Waals surface area (Å²) < 4.78 is 5.33. The summed E-state index contributed by atoms with van der Waals surface area (Å²) in [5.41, 5.74) is 0. The number of carbonyl (C=O) groups excluding carboxylic acids is 1. The van der Waals surface area contributed by atoms with Crippen molar-refractivity contribution in [1.29, 1.82) is 0 Å². The quantitative estimate of drug-likeness (QED) is 0.683. The second-order valence-corrected chi connectivity index (χ2v) is 2.68. The molecule has 0 bridgehead atoms. The Hall–Kier alpha value is -1.31. The Kier molecular flexibility index (Phi) is 2.86. The molecule has 2 heteroatoms. The number of benzene rings is 1. The summed E-state index contributed by atoms with van der Waals surface area (Å²) in [5.74, 6) is 0.777. The molecule has 0 aliphatic heterocycles. The van der Waals surface area contributed by atoms with E-state index in [-0.39, 0.29) is 11.9 Å². The van der Waals surface area contributed by atoms with Crippen molar-refractivity contribution in [3.05, 3.63) is 30.3 Å². The molecule has 64 valence electrons. The van der Waals surface area contributed by atoms with E-state index in [2.05, 4.69) is 0 Å². The summed E-state index contributed by atoms with van der Waals surface area (Å²) in [6, 6.07) is 9.33. The minimum absolute atomic E-state index is 0.0406. The number of hydrogen-bond acceptors (Lipinski definition) is 2. The Morgan fingerprint density at radius 1 is 1.33 bits per heavy atom. The van der Waals surface area contributed by atoms with Gasteiger partial charge in [-0.25, -0.2) is 0 Å². The molecule has 1 rings (SSSR count). The number of hydrogen-bond donors (Lipinski definition) is 0. The van der Waals surface area contributed by atoms with Gasteiger partial charge in [0.05, 0.1) is 0 Å². The van der Waals surface area contributed by atoms with E-state index in [9.17, 15) is 4.79 Å². The highest BCUT2D eigenvalue weighted by Crippen LogP contribution is 2.10. The van der Waals surface area contributed by atoms with Crippen LogP contribution in [0.25, 0.3) is 0 Å². The highest BCUT2D eigenvalue weighted by atomic mass is 16.5. The maximum atomic E-state index is 10.8. The molecule has 12 heavy (non-hydrogen) atoms. The van der Waals surface area contributed by atoms with Crippen molar-refractivity contribution in [3.8, 4) is 5.75 Å². The van der Waals surface area contributed by atoms with Crippen LogP contribution in [-0.4, -0.2) is 11.9 Å². The molecule has 0 aliphatic rings. The van der Waals surface area contributed by atoms with E-state index in [0.717, 1.165) is 5.75 Å². The van der Waals surface area contributed by atoms with E-state index in [0.29, 0.717) is 0 Å². The lowest BCUT2D eigenvalue weighted by Gasteiger charge is -2.10. The van der Waals surface area contributed by atoms with Gasteiger partial charge in [0, 0.05) is 0 Å². The Morgan fingerprint density at radius 3 is 2.42 bits per heavy atom. The fourth-order valence-electron chi connectivity index (χ4n) is 0.786. The summed E-state index contributed by atoms with van der Waals surface area (Å²) in [6.45, 7) is 3.27. The molecule has 1 aromatic rings. The van der Waals surface area contributed by atoms with Gasteiger partial charge < -0.3 is 4.74 Å². The maximum Gasteiger partial charge on any atom is 0.169 e. The van der Waals surface area contributed by atoms with Gasteiger partial charge in [0.1, 0.15) is 5.75 Å². The highest BCUT2D eigenvalue weighted by Gasteiger charge is 2.07. The molecule has 1 aromatic carbocycles. The third-order valence-electron chi connectivity index (χ3n) is 1.63. The van der Waals surface area contributed by atoms with Gasteiger partial charge in [0.25, 0.3) is 0 Å². The second-order valence-electron chi connectivity index (χ2n) is 2.68. The summed E-state index contributed by atoms with van der Waals surface area (Å²) in [6.07, 6.45) is -0.354. The molecule has 0 amide bonds. The summed E-state index contributed by atoms with van der Waals surface area (Å²) in [7, 11) is 0. The number of carbonyl (C=O) groups is 1. The van der Waals surface area contributed by atoms with E-state index < -0.39 is 0 Å². The van der Waals surface area contributed by atoms with Crippen LogP contribution in [0.15, 0.2) is 30.3 Å². The molecule has 0 fully saturated rings. The molecule has 0 aliphatic carbocycles. The Morgan fingerprint density at radius 2 is 1.92 bits per heavy atom. The molecule has 0 radical (unpaired) electrons. The minimum Gasteiger partial charge on any atom is -0.483 e. The van der Waals surface area contributed by atoms with Crippen LogP contribution in [0.2, 0.25) is 0 Å². The summed E-state index contributed by atoms with van der Waals surface area (Å²) in [5, 5.41) is 0. The number of ether oxygens (including phenoxy) is 1. The SMILES string of the molecule is CC(=O)[C@H](C)Oc1ccccc1. The largest absolute Gasteiger partial charge is 0.483 e. The monoisotopic (exact) mass is 164 g/mol. The van der Waals surface area contributed by atoms with E-state index in [4.69, 9.17) is 4.74 Å². The van der Waals surface area contributed by atoms with Crippen LogP contribution >= 0.6 is 0 Å². The zero-order valence-corrected chi connectivity index (χ0v) is 7.28. The van der Waals surface area contributed by atoms with Gasteiger partial charge in [-0.1, -0.05) is 18.2 Å². The molecular weight excluding hydrogens is 152 g/mol. The normalized spacial score (nSPS) is 12.2. The van der Waals surface area contributed by atoms with E-state index in [1.807, 2.05) is 30.3 Å². The smallest absolute Gasteiger partial charge is 0.169 e. The average Bonchev–Trinajstić information content (AvgIpc) is 2.06.